The number of rotatable bonds is 3. The zero-order valence-electron chi connectivity index (χ0n) is 8.30. The van der Waals surface area contributed by atoms with Gasteiger partial charge in [-0.05, 0) is 30.3 Å². The van der Waals surface area contributed by atoms with Gasteiger partial charge in [-0.25, -0.2) is 9.97 Å². The first kappa shape index (κ1) is 10.6. The Morgan fingerprint density at radius 2 is 2.40 bits per heavy atom. The van der Waals surface area contributed by atoms with E-state index in [9.17, 15) is 0 Å². The second-order valence-electron chi connectivity index (χ2n) is 3.03. The molecule has 0 bridgehead atoms. The highest BCUT2D eigenvalue weighted by molar-refractivity contribution is 8.01. The number of hydrogen-bond acceptors (Lipinski definition) is 5. The number of pyridine rings is 1. The first-order valence-electron chi connectivity index (χ1n) is 4.53. The first-order valence-corrected chi connectivity index (χ1v) is 6.23. The van der Waals surface area contributed by atoms with Gasteiger partial charge in [-0.3, -0.25) is 0 Å². The molecule has 0 aliphatic heterocycles. The van der Waals surface area contributed by atoms with Crippen molar-refractivity contribution in [3.8, 4) is 0 Å². The van der Waals surface area contributed by atoms with Crippen LogP contribution in [-0.2, 0) is 6.54 Å². The molecule has 0 aromatic carbocycles. The average molecular weight is 237 g/mol. The van der Waals surface area contributed by atoms with Gasteiger partial charge in [0.15, 0.2) is 4.34 Å². The Hall–Kier alpha value is -0.910. The van der Waals surface area contributed by atoms with Crippen molar-refractivity contribution in [2.45, 2.75) is 22.8 Å². The van der Waals surface area contributed by atoms with Gasteiger partial charge < -0.3 is 5.73 Å². The predicted molar refractivity (Wildman–Crippen MR) is 63.1 cm³/mol. The van der Waals surface area contributed by atoms with Gasteiger partial charge in [-0.2, -0.15) is 0 Å². The van der Waals surface area contributed by atoms with Gasteiger partial charge in [-0.15, -0.1) is 11.3 Å². The monoisotopic (exact) mass is 237 g/mol. The molecule has 0 saturated heterocycles. The average Bonchev–Trinajstić information content (AvgIpc) is 2.65. The molecule has 0 radical (unpaired) electrons. The van der Waals surface area contributed by atoms with Crippen LogP contribution in [0.1, 0.15) is 11.3 Å². The SMILES string of the molecule is Cc1csc(Sc2ncccc2CN)n1. The highest BCUT2D eigenvalue weighted by Gasteiger charge is 2.06. The number of hydrogen-bond donors (Lipinski definition) is 1. The van der Waals surface area contributed by atoms with Crippen LogP contribution < -0.4 is 5.73 Å². The molecule has 0 aliphatic carbocycles. The number of thiazole rings is 1. The van der Waals surface area contributed by atoms with Crippen molar-refractivity contribution in [2.75, 3.05) is 0 Å². The lowest BCUT2D eigenvalue weighted by atomic mass is 10.3. The molecule has 78 valence electrons. The van der Waals surface area contributed by atoms with Crippen LogP contribution in [0.25, 0.3) is 0 Å². The lowest BCUT2D eigenvalue weighted by molar-refractivity contribution is 0.961. The highest BCUT2D eigenvalue weighted by Crippen LogP contribution is 2.30. The fraction of sp³-hybridized carbons (Fsp3) is 0.200. The van der Waals surface area contributed by atoms with Crippen molar-refractivity contribution in [2.24, 2.45) is 5.73 Å². The molecule has 0 aliphatic rings. The van der Waals surface area contributed by atoms with E-state index in [-0.39, 0.29) is 0 Å². The minimum absolute atomic E-state index is 0.514. The smallest absolute Gasteiger partial charge is 0.156 e. The quantitative estimate of drug-likeness (QED) is 0.891. The summed E-state index contributed by atoms with van der Waals surface area (Å²) >= 11 is 3.21. The summed E-state index contributed by atoms with van der Waals surface area (Å²) in [5.74, 6) is 0. The van der Waals surface area contributed by atoms with E-state index in [2.05, 4.69) is 9.97 Å². The molecule has 2 aromatic rings. The maximum absolute atomic E-state index is 5.64. The third kappa shape index (κ3) is 2.56. The molecule has 0 fully saturated rings. The molecular formula is C10H11N3S2. The van der Waals surface area contributed by atoms with E-state index >= 15 is 0 Å². The van der Waals surface area contributed by atoms with Crippen molar-refractivity contribution < 1.29 is 0 Å². The van der Waals surface area contributed by atoms with E-state index in [0.29, 0.717) is 6.54 Å². The van der Waals surface area contributed by atoms with E-state index in [4.69, 9.17) is 5.73 Å². The van der Waals surface area contributed by atoms with E-state index in [0.717, 1.165) is 20.6 Å². The Morgan fingerprint density at radius 1 is 1.53 bits per heavy atom. The lowest BCUT2D eigenvalue weighted by Gasteiger charge is -2.02. The first-order chi connectivity index (χ1) is 7.29. The fourth-order valence-corrected chi connectivity index (χ4v) is 2.98. The second-order valence-corrected chi connectivity index (χ2v) is 5.12. The minimum Gasteiger partial charge on any atom is -0.326 e. The summed E-state index contributed by atoms with van der Waals surface area (Å²) in [5, 5.41) is 2.99. The molecule has 2 rings (SSSR count). The van der Waals surface area contributed by atoms with Crippen LogP contribution in [0.4, 0.5) is 0 Å². The molecule has 5 heteroatoms. The Morgan fingerprint density at radius 3 is 3.07 bits per heavy atom. The van der Waals surface area contributed by atoms with E-state index in [1.165, 1.54) is 0 Å². The molecule has 3 nitrogen and oxygen atoms in total. The summed E-state index contributed by atoms with van der Waals surface area (Å²) in [5.41, 5.74) is 7.75. The summed E-state index contributed by atoms with van der Waals surface area (Å²) in [4.78, 5) is 8.69. The van der Waals surface area contributed by atoms with Crippen LogP contribution in [0.5, 0.6) is 0 Å². The van der Waals surface area contributed by atoms with Crippen LogP contribution in [0.15, 0.2) is 33.1 Å². The summed E-state index contributed by atoms with van der Waals surface area (Å²) in [6, 6.07) is 3.90. The van der Waals surface area contributed by atoms with Gasteiger partial charge in [0.05, 0.1) is 0 Å². The van der Waals surface area contributed by atoms with E-state index < -0.39 is 0 Å². The summed E-state index contributed by atoms with van der Waals surface area (Å²) in [6.45, 7) is 2.50. The maximum Gasteiger partial charge on any atom is 0.156 e. The Bertz CT molecular complexity index is 453. The van der Waals surface area contributed by atoms with Crippen LogP contribution in [0.2, 0.25) is 0 Å². The van der Waals surface area contributed by atoms with Crippen LogP contribution in [0, 0.1) is 6.92 Å². The molecule has 2 heterocycles. The van der Waals surface area contributed by atoms with Crippen molar-refractivity contribution in [1.29, 1.82) is 0 Å². The van der Waals surface area contributed by atoms with Gasteiger partial charge in [0.1, 0.15) is 5.03 Å². The van der Waals surface area contributed by atoms with Crippen molar-refractivity contribution >= 4 is 23.1 Å². The molecule has 2 N–H and O–H groups in total. The van der Waals surface area contributed by atoms with Crippen molar-refractivity contribution in [1.82, 2.24) is 9.97 Å². The minimum atomic E-state index is 0.514. The molecule has 0 unspecified atom stereocenters. The number of nitrogens with two attached hydrogens (primary N) is 1. The number of nitrogens with zero attached hydrogens (tertiary/aromatic N) is 2. The zero-order chi connectivity index (χ0) is 10.7. The van der Waals surface area contributed by atoms with Crippen molar-refractivity contribution in [3.05, 3.63) is 35.0 Å². The van der Waals surface area contributed by atoms with Gasteiger partial charge in [0, 0.05) is 23.8 Å². The predicted octanol–water partition coefficient (Wildman–Crippen LogP) is 2.46. The largest absolute Gasteiger partial charge is 0.326 e. The fourth-order valence-electron chi connectivity index (χ4n) is 1.13. The van der Waals surface area contributed by atoms with Crippen LogP contribution >= 0.6 is 23.1 Å². The Labute approximate surface area is 96.8 Å². The van der Waals surface area contributed by atoms with Crippen molar-refractivity contribution in [3.63, 3.8) is 0 Å². The molecular weight excluding hydrogens is 226 g/mol. The van der Waals surface area contributed by atoms with Gasteiger partial charge in [0.2, 0.25) is 0 Å². The van der Waals surface area contributed by atoms with Gasteiger partial charge >= 0.3 is 0 Å². The molecule has 0 amide bonds. The second kappa shape index (κ2) is 4.74. The molecule has 2 aromatic heterocycles. The van der Waals surface area contributed by atoms with Crippen LogP contribution in [0.3, 0.4) is 0 Å². The van der Waals surface area contributed by atoms with Crippen LogP contribution in [-0.4, -0.2) is 9.97 Å². The van der Waals surface area contributed by atoms with Gasteiger partial charge in [-0.1, -0.05) is 6.07 Å². The molecule has 0 spiro atoms. The Balaban J connectivity index is 2.23. The number of aromatic nitrogens is 2. The van der Waals surface area contributed by atoms with E-state index in [1.54, 1.807) is 29.3 Å². The topological polar surface area (TPSA) is 51.8 Å². The molecule has 0 atom stereocenters. The molecule has 0 saturated carbocycles. The summed E-state index contributed by atoms with van der Waals surface area (Å²) < 4.78 is 1.01. The van der Waals surface area contributed by atoms with Gasteiger partial charge in [0.25, 0.3) is 0 Å². The maximum atomic E-state index is 5.64. The Kier molecular flexibility index (Phi) is 3.35. The number of aryl methyl sites for hydroxylation is 1. The summed E-state index contributed by atoms with van der Waals surface area (Å²) in [6.07, 6.45) is 1.78. The third-order valence-corrected chi connectivity index (χ3v) is 3.97. The molecule has 15 heavy (non-hydrogen) atoms. The third-order valence-electron chi connectivity index (χ3n) is 1.85. The lowest BCUT2D eigenvalue weighted by Crippen LogP contribution is -1.99. The normalized spacial score (nSPS) is 10.5. The van der Waals surface area contributed by atoms with E-state index in [1.807, 2.05) is 24.4 Å². The standard InChI is InChI=1S/C10H11N3S2/c1-7-6-14-10(13-7)15-9-8(5-11)3-2-4-12-9/h2-4,6H,5,11H2,1H3. The highest BCUT2D eigenvalue weighted by atomic mass is 32.2. The summed E-state index contributed by atoms with van der Waals surface area (Å²) in [7, 11) is 0. The zero-order valence-corrected chi connectivity index (χ0v) is 9.94.